The summed E-state index contributed by atoms with van der Waals surface area (Å²) in [5, 5.41) is 27.0. The highest BCUT2D eigenvalue weighted by Gasteiger charge is 2.21. The first-order valence-electron chi connectivity index (χ1n) is 8.44. The van der Waals surface area contributed by atoms with Crippen LogP contribution < -0.4 is 19.7 Å². The van der Waals surface area contributed by atoms with Crippen molar-refractivity contribution < 1.29 is 19.0 Å². The Morgan fingerprint density at radius 3 is 2.63 bits per heavy atom. The Hall–Kier alpha value is -3.13. The minimum atomic E-state index is -0.882. The van der Waals surface area contributed by atoms with Gasteiger partial charge >= 0.3 is 0 Å². The number of rotatable bonds is 8. The van der Waals surface area contributed by atoms with Gasteiger partial charge in [-0.1, -0.05) is 12.1 Å². The number of fused-ring (bicyclic) bond motifs is 1. The molecule has 2 aromatic carbocycles. The number of benzene rings is 2. The largest absolute Gasteiger partial charge is 0.489 e. The lowest BCUT2D eigenvalue weighted by molar-refractivity contribution is 0.0928. The lowest BCUT2D eigenvalue weighted by Crippen LogP contribution is -2.25. The number of aliphatic hydroxyl groups is 1. The topological polar surface area (TPSA) is 102 Å². The highest BCUT2D eigenvalue weighted by molar-refractivity contribution is 5.97. The highest BCUT2D eigenvalue weighted by atomic mass is 19.1. The van der Waals surface area contributed by atoms with Crippen molar-refractivity contribution in [1.29, 1.82) is 10.8 Å². The Morgan fingerprint density at radius 2 is 2.00 bits per heavy atom. The minimum Gasteiger partial charge on any atom is -0.489 e. The number of anilines is 2. The van der Waals surface area contributed by atoms with Gasteiger partial charge in [0.1, 0.15) is 30.9 Å². The maximum Gasteiger partial charge on any atom is 0.150 e. The molecular formula is C19H21FN4O3. The van der Waals surface area contributed by atoms with Crippen LogP contribution >= 0.6 is 0 Å². The van der Waals surface area contributed by atoms with Gasteiger partial charge in [0.05, 0.1) is 31.0 Å². The normalized spacial score (nSPS) is 16.3. The Balaban J connectivity index is 1.71. The Morgan fingerprint density at radius 1 is 1.26 bits per heavy atom. The summed E-state index contributed by atoms with van der Waals surface area (Å²) in [6.45, 7) is -0.752. The molecule has 0 aliphatic carbocycles. The van der Waals surface area contributed by atoms with E-state index in [4.69, 9.17) is 25.4 Å². The fourth-order valence-corrected chi connectivity index (χ4v) is 2.77. The van der Waals surface area contributed by atoms with E-state index >= 15 is 0 Å². The molecule has 8 heteroatoms. The first-order valence-corrected chi connectivity index (χ1v) is 8.44. The van der Waals surface area contributed by atoms with Crippen LogP contribution in [0.1, 0.15) is 11.6 Å². The molecule has 0 aromatic heterocycles. The number of nitrogens with one attached hydrogen (secondary N) is 3. The van der Waals surface area contributed by atoms with E-state index in [9.17, 15) is 4.39 Å². The number of halogens is 1. The zero-order valence-electron chi connectivity index (χ0n) is 14.6. The molecule has 0 spiro atoms. The fraction of sp³-hybridized carbons (Fsp3) is 0.263. The van der Waals surface area contributed by atoms with Crippen LogP contribution in [0.25, 0.3) is 0 Å². The molecule has 3 rings (SSSR count). The Bertz CT molecular complexity index is 788. The van der Waals surface area contributed by atoms with Crippen LogP contribution in [0.3, 0.4) is 0 Å². The first-order chi connectivity index (χ1) is 13.2. The summed E-state index contributed by atoms with van der Waals surface area (Å²) in [4.78, 5) is 1.39. The standard InChI is InChI=1S/C19H21FN4O3/c20-8-16(9-25)27-15-5-6-17-19(7-15)26-10-18(23-17)13-1-3-14(4-2-13)24(11-21)12-22/h1-7,11-12,16,18,21-23,25H,8-10H2. The van der Waals surface area contributed by atoms with Gasteiger partial charge in [0.25, 0.3) is 0 Å². The third kappa shape index (κ3) is 4.17. The van der Waals surface area contributed by atoms with Crippen molar-refractivity contribution in [3.05, 3.63) is 48.0 Å². The quantitative estimate of drug-likeness (QED) is 0.422. The van der Waals surface area contributed by atoms with Crippen LogP contribution in [0.2, 0.25) is 0 Å². The fourth-order valence-electron chi connectivity index (χ4n) is 2.77. The third-order valence-electron chi connectivity index (χ3n) is 4.24. The second kappa shape index (κ2) is 8.50. The molecule has 4 N–H and O–H groups in total. The van der Waals surface area contributed by atoms with Crippen molar-refractivity contribution >= 4 is 24.1 Å². The minimum absolute atomic E-state index is 0.0530. The van der Waals surface area contributed by atoms with E-state index in [0.29, 0.717) is 18.1 Å². The summed E-state index contributed by atoms with van der Waals surface area (Å²) < 4.78 is 23.9. The molecule has 0 saturated carbocycles. The average molecular weight is 372 g/mol. The van der Waals surface area contributed by atoms with E-state index in [1.807, 2.05) is 24.3 Å². The molecule has 1 aliphatic heterocycles. The van der Waals surface area contributed by atoms with Gasteiger partial charge in [-0.05, 0) is 29.8 Å². The van der Waals surface area contributed by atoms with Crippen molar-refractivity contribution in [2.75, 3.05) is 30.1 Å². The van der Waals surface area contributed by atoms with Gasteiger partial charge in [-0.15, -0.1) is 0 Å². The summed E-state index contributed by atoms with van der Waals surface area (Å²) in [5.41, 5.74) is 2.54. The lowest BCUT2D eigenvalue weighted by Gasteiger charge is -2.28. The van der Waals surface area contributed by atoms with Crippen LogP contribution in [-0.4, -0.2) is 43.8 Å². The van der Waals surface area contributed by atoms with Crippen molar-refractivity contribution in [2.45, 2.75) is 12.1 Å². The number of ether oxygens (including phenoxy) is 2. The van der Waals surface area contributed by atoms with Gasteiger partial charge in [0.15, 0.2) is 0 Å². The van der Waals surface area contributed by atoms with E-state index in [2.05, 4.69) is 5.32 Å². The van der Waals surface area contributed by atoms with Crippen LogP contribution in [0, 0.1) is 10.8 Å². The van der Waals surface area contributed by atoms with Crippen molar-refractivity contribution in [3.63, 3.8) is 0 Å². The molecule has 7 nitrogen and oxygen atoms in total. The summed E-state index contributed by atoms with van der Waals surface area (Å²) in [6.07, 6.45) is 1.27. The van der Waals surface area contributed by atoms with E-state index in [-0.39, 0.29) is 6.04 Å². The first kappa shape index (κ1) is 18.7. The Kier molecular flexibility index (Phi) is 5.87. The number of hydrogen-bond acceptors (Lipinski definition) is 6. The third-order valence-corrected chi connectivity index (χ3v) is 4.24. The second-order valence-corrected chi connectivity index (χ2v) is 6.00. The van der Waals surface area contributed by atoms with E-state index < -0.39 is 19.4 Å². The smallest absolute Gasteiger partial charge is 0.150 e. The van der Waals surface area contributed by atoms with E-state index in [1.54, 1.807) is 18.2 Å². The molecule has 0 radical (unpaired) electrons. The maximum atomic E-state index is 12.7. The molecular weight excluding hydrogens is 351 g/mol. The van der Waals surface area contributed by atoms with E-state index in [1.165, 1.54) is 4.90 Å². The summed E-state index contributed by atoms with van der Waals surface area (Å²) >= 11 is 0. The molecule has 0 bridgehead atoms. The predicted molar refractivity (Wildman–Crippen MR) is 102 cm³/mol. The van der Waals surface area contributed by atoms with Crippen LogP contribution in [0.15, 0.2) is 42.5 Å². The van der Waals surface area contributed by atoms with Gasteiger partial charge in [-0.25, -0.2) is 4.39 Å². The summed E-state index contributed by atoms with van der Waals surface area (Å²) in [7, 11) is 0. The molecule has 0 saturated heterocycles. The van der Waals surface area contributed by atoms with Gasteiger partial charge < -0.3 is 19.9 Å². The lowest BCUT2D eigenvalue weighted by atomic mass is 10.0. The predicted octanol–water partition coefficient (Wildman–Crippen LogP) is 2.96. The Labute approximate surface area is 156 Å². The van der Waals surface area contributed by atoms with Gasteiger partial charge in [-0.2, -0.15) is 0 Å². The maximum absolute atomic E-state index is 12.7. The zero-order valence-corrected chi connectivity index (χ0v) is 14.6. The molecule has 0 amide bonds. The van der Waals surface area contributed by atoms with Crippen molar-refractivity contribution in [1.82, 2.24) is 0 Å². The molecule has 1 aliphatic rings. The van der Waals surface area contributed by atoms with E-state index in [0.717, 1.165) is 29.6 Å². The van der Waals surface area contributed by atoms with Crippen LogP contribution in [0.4, 0.5) is 15.8 Å². The van der Waals surface area contributed by atoms with Crippen molar-refractivity contribution in [3.8, 4) is 11.5 Å². The van der Waals surface area contributed by atoms with Gasteiger partial charge in [0.2, 0.25) is 0 Å². The molecule has 2 atom stereocenters. The zero-order chi connectivity index (χ0) is 19.2. The molecule has 27 heavy (non-hydrogen) atoms. The van der Waals surface area contributed by atoms with Gasteiger partial charge in [0, 0.05) is 11.8 Å². The number of alkyl halides is 1. The molecule has 0 fully saturated rings. The molecule has 2 unspecified atom stereocenters. The monoisotopic (exact) mass is 372 g/mol. The average Bonchev–Trinajstić information content (AvgIpc) is 2.73. The van der Waals surface area contributed by atoms with Crippen LogP contribution in [0.5, 0.6) is 11.5 Å². The number of hydrogen-bond donors (Lipinski definition) is 4. The molecule has 142 valence electrons. The summed E-state index contributed by atoms with van der Waals surface area (Å²) in [5.74, 6) is 1.04. The number of aliphatic hydroxyl groups excluding tert-OH is 1. The highest BCUT2D eigenvalue weighted by Crippen LogP contribution is 2.36. The second-order valence-electron chi connectivity index (χ2n) is 6.00. The number of nitrogens with zero attached hydrogens (tertiary/aromatic N) is 1. The van der Waals surface area contributed by atoms with Crippen LogP contribution in [-0.2, 0) is 0 Å². The SMILES string of the molecule is N=CN(C=N)c1ccc(C2COc3cc(OC(CO)CF)ccc3N2)cc1. The molecule has 1 heterocycles. The summed E-state index contributed by atoms with van der Waals surface area (Å²) in [6, 6.07) is 12.6. The van der Waals surface area contributed by atoms with Crippen molar-refractivity contribution in [2.24, 2.45) is 0 Å². The molecule has 2 aromatic rings. The van der Waals surface area contributed by atoms with Gasteiger partial charge in [-0.3, -0.25) is 15.7 Å².